The highest BCUT2D eigenvalue weighted by Gasteiger charge is 2.14. The van der Waals surface area contributed by atoms with Crippen molar-refractivity contribution < 1.29 is 4.79 Å². The average Bonchev–Trinajstić information content (AvgIpc) is 2.44. The number of anilines is 1. The number of nitrogen functional groups attached to an aromatic ring is 1. The van der Waals surface area contributed by atoms with Crippen LogP contribution < -0.4 is 16.6 Å². The van der Waals surface area contributed by atoms with Crippen LogP contribution in [0.5, 0.6) is 0 Å². The zero-order chi connectivity index (χ0) is 14.3. The van der Waals surface area contributed by atoms with Crippen molar-refractivity contribution in [1.82, 2.24) is 15.2 Å². The Morgan fingerprint density at radius 2 is 2.16 bits per heavy atom. The molecule has 0 aromatic carbocycles. The second kappa shape index (κ2) is 7.70. The molecule has 0 fully saturated rings. The first-order valence-electron chi connectivity index (χ1n) is 6.56. The highest BCUT2D eigenvalue weighted by atomic mass is 16.1. The predicted octanol–water partition coefficient (Wildman–Crippen LogP) is 0.827. The Bertz CT molecular complexity index is 406. The van der Waals surface area contributed by atoms with E-state index < -0.39 is 0 Å². The van der Waals surface area contributed by atoms with E-state index >= 15 is 0 Å². The maximum Gasteiger partial charge on any atom is 0.255 e. The van der Waals surface area contributed by atoms with Crippen molar-refractivity contribution in [2.75, 3.05) is 25.1 Å². The van der Waals surface area contributed by atoms with Crippen LogP contribution >= 0.6 is 0 Å². The zero-order valence-electron chi connectivity index (χ0n) is 11.8. The first kappa shape index (κ1) is 15.4. The lowest BCUT2D eigenvalue weighted by atomic mass is 10.2. The van der Waals surface area contributed by atoms with Gasteiger partial charge in [0.2, 0.25) is 0 Å². The molecule has 1 aromatic heterocycles. The van der Waals surface area contributed by atoms with Gasteiger partial charge < -0.3 is 15.6 Å². The highest BCUT2D eigenvalue weighted by molar-refractivity contribution is 5.99. The summed E-state index contributed by atoms with van der Waals surface area (Å²) in [7, 11) is 0. The first-order chi connectivity index (χ1) is 9.12. The number of nitrogens with zero attached hydrogens (tertiary/aromatic N) is 2. The SMILES string of the molecule is CCN(CC)CC(C)NC(=O)c1cnccc1NN. The topological polar surface area (TPSA) is 83.3 Å². The standard InChI is InChI=1S/C13H23N5O/c1-4-18(5-2)9-10(3)16-13(19)11-8-15-7-6-12(11)17-14/h6-8,10H,4-5,9,14H2,1-3H3,(H,15,17)(H,16,19). The number of nitrogens with two attached hydrogens (primary N) is 1. The maximum absolute atomic E-state index is 12.1. The third kappa shape index (κ3) is 4.50. The monoisotopic (exact) mass is 265 g/mol. The molecule has 1 atom stereocenters. The molecule has 19 heavy (non-hydrogen) atoms. The Hall–Kier alpha value is -1.66. The van der Waals surface area contributed by atoms with Crippen molar-refractivity contribution >= 4 is 11.6 Å². The maximum atomic E-state index is 12.1. The van der Waals surface area contributed by atoms with E-state index in [1.54, 1.807) is 12.3 Å². The summed E-state index contributed by atoms with van der Waals surface area (Å²) in [6.45, 7) is 8.97. The molecule has 4 N–H and O–H groups in total. The predicted molar refractivity (Wildman–Crippen MR) is 76.8 cm³/mol. The van der Waals surface area contributed by atoms with E-state index in [1.807, 2.05) is 6.92 Å². The number of nitrogens with one attached hydrogen (secondary N) is 2. The van der Waals surface area contributed by atoms with Gasteiger partial charge in [-0.15, -0.1) is 0 Å². The van der Waals surface area contributed by atoms with Crippen molar-refractivity contribution in [2.45, 2.75) is 26.8 Å². The van der Waals surface area contributed by atoms with E-state index in [0.717, 1.165) is 19.6 Å². The number of pyridine rings is 1. The molecule has 0 saturated heterocycles. The van der Waals surface area contributed by atoms with Crippen LogP contribution in [0, 0.1) is 0 Å². The quantitative estimate of drug-likeness (QED) is 0.502. The van der Waals surface area contributed by atoms with E-state index in [0.29, 0.717) is 11.3 Å². The molecule has 0 aliphatic heterocycles. The molecule has 1 rings (SSSR count). The molecule has 0 aliphatic carbocycles. The van der Waals surface area contributed by atoms with E-state index in [4.69, 9.17) is 5.84 Å². The molecule has 6 heteroatoms. The number of hydrogen-bond donors (Lipinski definition) is 3. The highest BCUT2D eigenvalue weighted by Crippen LogP contribution is 2.11. The van der Waals surface area contributed by atoms with Gasteiger partial charge in [0.25, 0.3) is 5.91 Å². The lowest BCUT2D eigenvalue weighted by Gasteiger charge is -2.23. The Balaban J connectivity index is 2.63. The molecule has 0 bridgehead atoms. The molecule has 0 aliphatic rings. The summed E-state index contributed by atoms with van der Waals surface area (Å²) >= 11 is 0. The minimum atomic E-state index is -0.166. The number of aromatic nitrogens is 1. The number of rotatable bonds is 7. The number of hydrazine groups is 1. The van der Waals surface area contributed by atoms with Gasteiger partial charge in [0.05, 0.1) is 11.3 Å². The third-order valence-electron chi connectivity index (χ3n) is 3.03. The Morgan fingerprint density at radius 3 is 2.74 bits per heavy atom. The van der Waals surface area contributed by atoms with Crippen LogP contribution in [-0.4, -0.2) is 41.5 Å². The lowest BCUT2D eigenvalue weighted by Crippen LogP contribution is -2.42. The second-order valence-electron chi connectivity index (χ2n) is 4.43. The molecule has 0 radical (unpaired) electrons. The smallest absolute Gasteiger partial charge is 0.255 e. The van der Waals surface area contributed by atoms with Gasteiger partial charge in [-0.3, -0.25) is 15.6 Å². The molecule has 6 nitrogen and oxygen atoms in total. The van der Waals surface area contributed by atoms with Gasteiger partial charge in [0, 0.05) is 25.0 Å². The minimum Gasteiger partial charge on any atom is -0.348 e. The van der Waals surface area contributed by atoms with E-state index in [1.165, 1.54) is 6.20 Å². The van der Waals surface area contributed by atoms with Gasteiger partial charge in [0.15, 0.2) is 0 Å². The molecular weight excluding hydrogens is 242 g/mol. The first-order valence-corrected chi connectivity index (χ1v) is 6.56. The van der Waals surface area contributed by atoms with Gasteiger partial charge in [-0.2, -0.15) is 0 Å². The summed E-state index contributed by atoms with van der Waals surface area (Å²) in [4.78, 5) is 18.3. The Kier molecular flexibility index (Phi) is 6.24. The van der Waals surface area contributed by atoms with Gasteiger partial charge in [0.1, 0.15) is 0 Å². The van der Waals surface area contributed by atoms with E-state index in [-0.39, 0.29) is 11.9 Å². The normalized spacial score (nSPS) is 12.3. The summed E-state index contributed by atoms with van der Waals surface area (Å²) in [5.41, 5.74) is 3.53. The van der Waals surface area contributed by atoms with Crippen molar-refractivity contribution in [3.63, 3.8) is 0 Å². The fourth-order valence-corrected chi connectivity index (χ4v) is 1.92. The van der Waals surface area contributed by atoms with Crippen LogP contribution in [-0.2, 0) is 0 Å². The van der Waals surface area contributed by atoms with Crippen LogP contribution in [0.1, 0.15) is 31.1 Å². The molecule has 1 unspecified atom stereocenters. The molecule has 1 heterocycles. The second-order valence-corrected chi connectivity index (χ2v) is 4.43. The van der Waals surface area contributed by atoms with Crippen LogP contribution in [0.15, 0.2) is 18.5 Å². The fraction of sp³-hybridized carbons (Fsp3) is 0.538. The number of amides is 1. The van der Waals surface area contributed by atoms with E-state index in [2.05, 4.69) is 34.5 Å². The number of carbonyl (C=O) groups is 1. The molecule has 106 valence electrons. The number of carbonyl (C=O) groups excluding carboxylic acids is 1. The molecule has 1 aromatic rings. The van der Waals surface area contributed by atoms with Gasteiger partial charge in [-0.05, 0) is 26.1 Å². The summed E-state index contributed by atoms with van der Waals surface area (Å²) in [5.74, 6) is 5.21. The minimum absolute atomic E-state index is 0.0678. The van der Waals surface area contributed by atoms with Crippen LogP contribution in [0.25, 0.3) is 0 Å². The fourth-order valence-electron chi connectivity index (χ4n) is 1.92. The van der Waals surface area contributed by atoms with Crippen LogP contribution in [0.2, 0.25) is 0 Å². The number of hydrogen-bond acceptors (Lipinski definition) is 5. The van der Waals surface area contributed by atoms with Crippen molar-refractivity contribution in [3.8, 4) is 0 Å². The van der Waals surface area contributed by atoms with Gasteiger partial charge in [-0.25, -0.2) is 0 Å². The van der Waals surface area contributed by atoms with Gasteiger partial charge >= 0.3 is 0 Å². The molecule has 0 saturated carbocycles. The molecule has 0 spiro atoms. The third-order valence-corrected chi connectivity index (χ3v) is 3.03. The van der Waals surface area contributed by atoms with E-state index in [9.17, 15) is 4.79 Å². The molecular formula is C13H23N5O. The summed E-state index contributed by atoms with van der Waals surface area (Å²) in [6, 6.07) is 1.74. The largest absolute Gasteiger partial charge is 0.348 e. The summed E-state index contributed by atoms with van der Waals surface area (Å²) in [5, 5.41) is 2.95. The zero-order valence-corrected chi connectivity index (χ0v) is 11.8. The summed E-state index contributed by atoms with van der Waals surface area (Å²) < 4.78 is 0. The Morgan fingerprint density at radius 1 is 1.47 bits per heavy atom. The van der Waals surface area contributed by atoms with Crippen molar-refractivity contribution in [2.24, 2.45) is 5.84 Å². The molecule has 1 amide bonds. The summed E-state index contributed by atoms with van der Waals surface area (Å²) in [6.07, 6.45) is 3.10. The van der Waals surface area contributed by atoms with Crippen molar-refractivity contribution in [1.29, 1.82) is 0 Å². The lowest BCUT2D eigenvalue weighted by molar-refractivity contribution is 0.0930. The number of likely N-dealkylation sites (N-methyl/N-ethyl adjacent to an activating group) is 1. The Labute approximate surface area is 114 Å². The van der Waals surface area contributed by atoms with Gasteiger partial charge in [-0.1, -0.05) is 13.8 Å². The van der Waals surface area contributed by atoms with Crippen LogP contribution in [0.3, 0.4) is 0 Å². The average molecular weight is 265 g/mol. The van der Waals surface area contributed by atoms with Crippen molar-refractivity contribution in [3.05, 3.63) is 24.0 Å². The van der Waals surface area contributed by atoms with Crippen LogP contribution in [0.4, 0.5) is 5.69 Å².